The Hall–Kier alpha value is -1.23. The van der Waals surface area contributed by atoms with Gasteiger partial charge in [-0.2, -0.15) is 0 Å². The molecule has 2 rings (SSSR count). The smallest absolute Gasteiger partial charge is 0.115 e. The third-order valence-electron chi connectivity index (χ3n) is 2.88. The number of allylic oxidation sites excluding steroid dienone is 3. The zero-order valence-corrected chi connectivity index (χ0v) is 12.5. The first kappa shape index (κ1) is 13.2. The number of halogens is 1. The molecule has 1 aliphatic heterocycles. The molecule has 0 amide bonds. The van der Waals surface area contributed by atoms with Gasteiger partial charge >= 0.3 is 0 Å². The zero-order valence-electron chi connectivity index (χ0n) is 10.3. The fraction of sp³-hybridized carbons (Fsp3) is 0.200. The minimum absolute atomic E-state index is 0.303. The molecule has 0 atom stereocenters. The van der Waals surface area contributed by atoms with Crippen molar-refractivity contribution in [1.82, 2.24) is 4.90 Å². The largest absolute Gasteiger partial charge is 0.508 e. The minimum Gasteiger partial charge on any atom is -0.508 e. The normalized spacial score (nSPS) is 15.8. The van der Waals surface area contributed by atoms with Crippen molar-refractivity contribution in [3.8, 4) is 5.75 Å². The van der Waals surface area contributed by atoms with Crippen LogP contribution in [0.15, 0.2) is 51.8 Å². The first-order chi connectivity index (χ1) is 8.70. The quantitative estimate of drug-likeness (QED) is 0.832. The summed E-state index contributed by atoms with van der Waals surface area (Å²) in [6.45, 7) is 4.14. The third-order valence-corrected chi connectivity index (χ3v) is 3.80. The summed E-state index contributed by atoms with van der Waals surface area (Å²) in [7, 11) is 0. The lowest BCUT2D eigenvalue weighted by atomic mass is 10.1. The maximum absolute atomic E-state index is 9.24. The highest BCUT2D eigenvalue weighted by atomic mass is 127. The van der Waals surface area contributed by atoms with Crippen LogP contribution < -0.4 is 0 Å². The van der Waals surface area contributed by atoms with Crippen LogP contribution in [0.4, 0.5) is 0 Å². The number of phenols is 1. The van der Waals surface area contributed by atoms with Gasteiger partial charge in [-0.15, -0.1) is 0 Å². The number of hydrogen-bond acceptors (Lipinski definition) is 2. The monoisotopic (exact) mass is 353 g/mol. The second-order valence-corrected chi connectivity index (χ2v) is 5.26. The van der Waals surface area contributed by atoms with Gasteiger partial charge in [0.05, 0.1) is 5.70 Å². The van der Waals surface area contributed by atoms with E-state index < -0.39 is 0 Å². The van der Waals surface area contributed by atoms with Crippen LogP contribution in [-0.4, -0.2) is 23.1 Å². The van der Waals surface area contributed by atoms with Crippen LogP contribution in [0.5, 0.6) is 5.75 Å². The number of hydrogen-bond donors (Lipinski definition) is 1. The maximum atomic E-state index is 9.24. The molecule has 1 aromatic carbocycles. The van der Waals surface area contributed by atoms with Crippen LogP contribution >= 0.6 is 22.6 Å². The van der Waals surface area contributed by atoms with E-state index in [4.69, 9.17) is 0 Å². The molecule has 3 heteroatoms. The van der Waals surface area contributed by atoms with Gasteiger partial charge in [0.25, 0.3) is 0 Å². The molecular weight excluding hydrogens is 337 g/mol. The summed E-state index contributed by atoms with van der Waals surface area (Å²) in [4.78, 5) is 2.33. The highest BCUT2D eigenvalue weighted by Crippen LogP contribution is 2.24. The summed E-state index contributed by atoms with van der Waals surface area (Å²) >= 11 is 2.37. The fourth-order valence-electron chi connectivity index (χ4n) is 1.86. The third kappa shape index (κ3) is 3.16. The second kappa shape index (κ2) is 6.09. The Kier molecular flexibility index (Phi) is 4.47. The van der Waals surface area contributed by atoms with Gasteiger partial charge in [0.1, 0.15) is 5.75 Å². The predicted octanol–water partition coefficient (Wildman–Crippen LogP) is 3.94. The lowest BCUT2D eigenvalue weighted by Gasteiger charge is -2.26. The standard InChI is InChI=1S/C15H16INO/c1-2-17-11-3-4-14(16)15(17)10-7-12-5-8-13(18)9-6-12/h3-10,18H,2,11H2,1H3. The summed E-state index contributed by atoms with van der Waals surface area (Å²) < 4.78 is 1.26. The topological polar surface area (TPSA) is 23.5 Å². The van der Waals surface area contributed by atoms with Gasteiger partial charge in [-0.25, -0.2) is 0 Å². The highest BCUT2D eigenvalue weighted by molar-refractivity contribution is 14.1. The van der Waals surface area contributed by atoms with Crippen molar-refractivity contribution in [1.29, 1.82) is 0 Å². The van der Waals surface area contributed by atoms with Crippen LogP contribution in [0.3, 0.4) is 0 Å². The molecule has 1 aliphatic rings. The highest BCUT2D eigenvalue weighted by Gasteiger charge is 2.10. The minimum atomic E-state index is 0.303. The molecule has 2 nitrogen and oxygen atoms in total. The molecule has 18 heavy (non-hydrogen) atoms. The molecule has 0 spiro atoms. The molecule has 0 saturated heterocycles. The summed E-state index contributed by atoms with van der Waals surface area (Å²) in [6.07, 6.45) is 8.56. The van der Waals surface area contributed by atoms with Crippen LogP contribution in [0.25, 0.3) is 6.08 Å². The fourth-order valence-corrected chi connectivity index (χ4v) is 2.64. The Balaban J connectivity index is 2.21. The van der Waals surface area contributed by atoms with Crippen LogP contribution in [0.1, 0.15) is 12.5 Å². The molecule has 1 N–H and O–H groups in total. The molecule has 0 aromatic heterocycles. The summed E-state index contributed by atoms with van der Waals surface area (Å²) in [5.41, 5.74) is 2.35. The molecule has 0 radical (unpaired) electrons. The van der Waals surface area contributed by atoms with E-state index in [1.54, 1.807) is 12.1 Å². The number of nitrogens with zero attached hydrogens (tertiary/aromatic N) is 1. The number of phenolic OH excluding ortho intramolecular Hbond substituents is 1. The van der Waals surface area contributed by atoms with Gasteiger partial charge < -0.3 is 10.0 Å². The van der Waals surface area contributed by atoms with Crippen molar-refractivity contribution < 1.29 is 5.11 Å². The molecule has 0 saturated carbocycles. The lowest BCUT2D eigenvalue weighted by molar-refractivity contribution is 0.410. The Bertz CT molecular complexity index is 500. The van der Waals surface area contributed by atoms with E-state index in [0.717, 1.165) is 18.7 Å². The van der Waals surface area contributed by atoms with Crippen molar-refractivity contribution in [2.45, 2.75) is 6.92 Å². The van der Waals surface area contributed by atoms with E-state index in [1.807, 2.05) is 12.1 Å². The van der Waals surface area contributed by atoms with E-state index in [9.17, 15) is 5.11 Å². The van der Waals surface area contributed by atoms with Gasteiger partial charge in [-0.05, 0) is 59.4 Å². The first-order valence-corrected chi connectivity index (χ1v) is 7.07. The molecular formula is C15H16INO. The Morgan fingerprint density at radius 3 is 2.67 bits per heavy atom. The molecule has 1 heterocycles. The average Bonchev–Trinajstić information content (AvgIpc) is 2.39. The molecule has 0 aliphatic carbocycles. The van der Waals surface area contributed by atoms with Gasteiger partial charge in [0.2, 0.25) is 0 Å². The summed E-state index contributed by atoms with van der Waals surface area (Å²) in [6, 6.07) is 7.23. The number of likely N-dealkylation sites (N-methyl/N-ethyl adjacent to an activating group) is 1. The van der Waals surface area contributed by atoms with Gasteiger partial charge in [0, 0.05) is 16.7 Å². The van der Waals surface area contributed by atoms with Crippen molar-refractivity contribution in [3.63, 3.8) is 0 Å². The van der Waals surface area contributed by atoms with Crippen molar-refractivity contribution in [2.75, 3.05) is 13.1 Å². The van der Waals surface area contributed by atoms with Crippen molar-refractivity contribution >= 4 is 28.7 Å². The number of rotatable bonds is 3. The summed E-state index contributed by atoms with van der Waals surface area (Å²) in [5.74, 6) is 0.303. The molecule has 0 unspecified atom stereocenters. The zero-order chi connectivity index (χ0) is 13.0. The predicted molar refractivity (Wildman–Crippen MR) is 84.6 cm³/mol. The summed E-state index contributed by atoms with van der Waals surface area (Å²) in [5, 5.41) is 9.24. The first-order valence-electron chi connectivity index (χ1n) is 5.99. The van der Waals surface area contributed by atoms with E-state index in [1.165, 1.54) is 9.28 Å². The molecule has 94 valence electrons. The number of benzene rings is 1. The van der Waals surface area contributed by atoms with E-state index >= 15 is 0 Å². The van der Waals surface area contributed by atoms with E-state index in [0.29, 0.717) is 5.75 Å². The lowest BCUT2D eigenvalue weighted by Crippen LogP contribution is -2.24. The van der Waals surface area contributed by atoms with Crippen LogP contribution in [-0.2, 0) is 0 Å². The Labute approximate surface area is 121 Å². The Morgan fingerprint density at radius 1 is 1.28 bits per heavy atom. The molecule has 0 bridgehead atoms. The average molecular weight is 353 g/mol. The second-order valence-electron chi connectivity index (χ2n) is 4.10. The van der Waals surface area contributed by atoms with Gasteiger partial charge in [0.15, 0.2) is 0 Å². The molecule has 0 fully saturated rings. The maximum Gasteiger partial charge on any atom is 0.115 e. The SMILES string of the molecule is CCN1CC=CC(I)=C1C=Cc1ccc(O)cc1. The van der Waals surface area contributed by atoms with Gasteiger partial charge in [-0.3, -0.25) is 0 Å². The van der Waals surface area contributed by atoms with Crippen LogP contribution in [0.2, 0.25) is 0 Å². The number of aromatic hydroxyl groups is 1. The van der Waals surface area contributed by atoms with E-state index in [-0.39, 0.29) is 0 Å². The van der Waals surface area contributed by atoms with Crippen LogP contribution in [0, 0.1) is 0 Å². The van der Waals surface area contributed by atoms with Crippen molar-refractivity contribution in [3.05, 3.63) is 57.3 Å². The molecule has 1 aromatic rings. The Morgan fingerprint density at radius 2 is 2.00 bits per heavy atom. The van der Waals surface area contributed by atoms with Crippen molar-refractivity contribution in [2.24, 2.45) is 0 Å². The van der Waals surface area contributed by atoms with E-state index in [2.05, 4.69) is 58.7 Å². The van der Waals surface area contributed by atoms with Gasteiger partial charge in [-0.1, -0.05) is 24.3 Å².